The van der Waals surface area contributed by atoms with Crippen LogP contribution in [0.4, 0.5) is 0 Å². The van der Waals surface area contributed by atoms with Crippen LogP contribution in [-0.4, -0.2) is 86.0 Å². The first-order valence-corrected chi connectivity index (χ1v) is 9.44. The van der Waals surface area contributed by atoms with Crippen molar-refractivity contribution in [1.82, 2.24) is 20.0 Å². The molecule has 0 bridgehead atoms. The third-order valence-electron chi connectivity index (χ3n) is 4.85. The highest BCUT2D eigenvalue weighted by Gasteiger charge is 2.23. The zero-order valence-corrected chi connectivity index (χ0v) is 15.9. The van der Waals surface area contributed by atoms with Gasteiger partial charge in [-0.15, -0.1) is 0 Å². The van der Waals surface area contributed by atoms with Crippen LogP contribution >= 0.6 is 0 Å². The van der Waals surface area contributed by atoms with Gasteiger partial charge in [-0.25, -0.2) is 4.99 Å². The Bertz CT molecular complexity index is 421. The van der Waals surface area contributed by atoms with Crippen LogP contribution in [0.2, 0.25) is 0 Å². The number of aliphatic imine (C=N–C) groups is 1. The van der Waals surface area contributed by atoms with Gasteiger partial charge in [-0.2, -0.15) is 0 Å². The number of likely N-dealkylation sites (N-methyl/N-ethyl adjacent to an activating group) is 1. The maximum absolute atomic E-state index is 11.9. The Morgan fingerprint density at radius 1 is 1.17 bits per heavy atom. The minimum absolute atomic E-state index is 0.0548. The maximum Gasteiger partial charge on any atom is 0.243 e. The topological polar surface area (TPSA) is 51.2 Å². The molecule has 1 aliphatic carbocycles. The molecule has 0 aromatic heterocycles. The molecule has 0 unspecified atom stereocenters. The Hall–Kier alpha value is -1.30. The van der Waals surface area contributed by atoms with Crippen molar-refractivity contribution in [2.24, 2.45) is 10.9 Å². The minimum atomic E-state index is 0.0548. The molecule has 0 aromatic carbocycles. The average molecular weight is 338 g/mol. The summed E-state index contributed by atoms with van der Waals surface area (Å²) in [5.41, 5.74) is 0. The van der Waals surface area contributed by atoms with E-state index in [1.807, 2.05) is 0 Å². The van der Waals surface area contributed by atoms with Crippen LogP contribution in [0.5, 0.6) is 0 Å². The zero-order valence-electron chi connectivity index (χ0n) is 15.9. The fraction of sp³-hybridized carbons (Fsp3) is 0.889. The molecule has 0 radical (unpaired) electrons. The molecule has 1 amide bonds. The van der Waals surface area contributed by atoms with Crippen molar-refractivity contribution < 1.29 is 4.79 Å². The number of hydrogen-bond donors (Lipinski definition) is 1. The van der Waals surface area contributed by atoms with Gasteiger partial charge in [-0.1, -0.05) is 26.7 Å². The molecule has 138 valence electrons. The number of carbonyl (C=O) groups excluding carboxylic acids is 1. The predicted molar refractivity (Wildman–Crippen MR) is 99.2 cm³/mol. The summed E-state index contributed by atoms with van der Waals surface area (Å²) in [6.45, 7) is 10.1. The molecule has 1 saturated heterocycles. The SMILES string of the molecule is CC(C)CN1CCN(C(=NCC(=O)N(C)C)NC2CCCC2)CC1. The lowest BCUT2D eigenvalue weighted by atomic mass is 10.2. The van der Waals surface area contributed by atoms with Crippen molar-refractivity contribution in [3.05, 3.63) is 0 Å². The summed E-state index contributed by atoms with van der Waals surface area (Å²) in [5.74, 6) is 1.69. The van der Waals surface area contributed by atoms with Crippen molar-refractivity contribution >= 4 is 11.9 Å². The third-order valence-corrected chi connectivity index (χ3v) is 4.85. The molecule has 1 N–H and O–H groups in total. The number of rotatable bonds is 5. The number of hydrogen-bond acceptors (Lipinski definition) is 3. The van der Waals surface area contributed by atoms with Crippen LogP contribution in [0.1, 0.15) is 39.5 Å². The molecule has 6 nitrogen and oxygen atoms in total. The number of guanidine groups is 1. The summed E-state index contributed by atoms with van der Waals surface area (Å²) in [6, 6.07) is 0.520. The summed E-state index contributed by atoms with van der Waals surface area (Å²) in [7, 11) is 3.57. The Kier molecular flexibility index (Phi) is 7.34. The highest BCUT2D eigenvalue weighted by molar-refractivity contribution is 5.85. The zero-order chi connectivity index (χ0) is 17.5. The monoisotopic (exact) mass is 337 g/mol. The number of nitrogens with one attached hydrogen (secondary N) is 1. The molecule has 6 heteroatoms. The van der Waals surface area contributed by atoms with E-state index in [1.54, 1.807) is 19.0 Å². The van der Waals surface area contributed by atoms with Gasteiger partial charge >= 0.3 is 0 Å². The van der Waals surface area contributed by atoms with Crippen LogP contribution in [-0.2, 0) is 4.79 Å². The van der Waals surface area contributed by atoms with Crippen molar-refractivity contribution in [3.63, 3.8) is 0 Å². The smallest absolute Gasteiger partial charge is 0.243 e. The number of nitrogens with zero attached hydrogens (tertiary/aromatic N) is 4. The lowest BCUT2D eigenvalue weighted by molar-refractivity contribution is -0.127. The Balaban J connectivity index is 1.94. The molecule has 1 heterocycles. The highest BCUT2D eigenvalue weighted by Crippen LogP contribution is 2.18. The van der Waals surface area contributed by atoms with E-state index < -0.39 is 0 Å². The van der Waals surface area contributed by atoms with Crippen molar-refractivity contribution in [1.29, 1.82) is 0 Å². The van der Waals surface area contributed by atoms with Gasteiger partial charge in [0.25, 0.3) is 0 Å². The molecule has 0 spiro atoms. The lowest BCUT2D eigenvalue weighted by Crippen LogP contribution is -2.54. The number of piperazine rings is 1. The largest absolute Gasteiger partial charge is 0.353 e. The van der Waals surface area contributed by atoms with E-state index in [9.17, 15) is 4.79 Å². The summed E-state index contributed by atoms with van der Waals surface area (Å²) in [6.07, 6.45) is 5.02. The van der Waals surface area contributed by atoms with E-state index in [2.05, 4.69) is 34.0 Å². The third kappa shape index (κ3) is 5.96. The van der Waals surface area contributed by atoms with E-state index in [0.29, 0.717) is 12.0 Å². The summed E-state index contributed by atoms with van der Waals surface area (Å²) >= 11 is 0. The molecule has 2 aliphatic rings. The fourth-order valence-corrected chi connectivity index (χ4v) is 3.43. The Labute approximate surface area is 147 Å². The van der Waals surface area contributed by atoms with E-state index in [0.717, 1.165) is 38.7 Å². The second kappa shape index (κ2) is 9.25. The second-order valence-electron chi connectivity index (χ2n) is 7.74. The van der Waals surface area contributed by atoms with Crippen LogP contribution in [0.3, 0.4) is 0 Å². The van der Waals surface area contributed by atoms with Gasteiger partial charge in [0.15, 0.2) is 5.96 Å². The van der Waals surface area contributed by atoms with Crippen LogP contribution in [0, 0.1) is 5.92 Å². The first-order chi connectivity index (χ1) is 11.5. The van der Waals surface area contributed by atoms with Crippen molar-refractivity contribution in [2.45, 2.75) is 45.6 Å². The fourth-order valence-electron chi connectivity index (χ4n) is 3.43. The van der Waals surface area contributed by atoms with Crippen LogP contribution < -0.4 is 5.32 Å². The van der Waals surface area contributed by atoms with Gasteiger partial charge in [0.1, 0.15) is 6.54 Å². The molecular weight excluding hydrogens is 302 g/mol. The van der Waals surface area contributed by atoms with E-state index in [1.165, 1.54) is 25.7 Å². The number of carbonyl (C=O) groups is 1. The summed E-state index contributed by atoms with van der Waals surface area (Å²) in [5, 5.41) is 3.62. The highest BCUT2D eigenvalue weighted by atomic mass is 16.2. The van der Waals surface area contributed by atoms with Crippen molar-refractivity contribution in [2.75, 3.05) is 53.4 Å². The van der Waals surface area contributed by atoms with Crippen molar-refractivity contribution in [3.8, 4) is 0 Å². The van der Waals surface area contributed by atoms with Gasteiger partial charge < -0.3 is 15.1 Å². The molecule has 0 aromatic rings. The molecule has 0 atom stereocenters. The minimum Gasteiger partial charge on any atom is -0.353 e. The van der Waals surface area contributed by atoms with Crippen LogP contribution in [0.15, 0.2) is 4.99 Å². The van der Waals surface area contributed by atoms with E-state index in [4.69, 9.17) is 0 Å². The van der Waals surface area contributed by atoms with E-state index >= 15 is 0 Å². The standard InChI is InChI=1S/C18H35N5O/c1-15(2)14-22-9-11-23(12-10-22)18(19-13-17(24)21(3)4)20-16-7-5-6-8-16/h15-16H,5-14H2,1-4H3,(H,19,20). The normalized spacial score (nSPS) is 20.7. The predicted octanol–water partition coefficient (Wildman–Crippen LogP) is 1.24. The summed E-state index contributed by atoms with van der Waals surface area (Å²) in [4.78, 5) is 23.0. The molecule has 1 saturated carbocycles. The second-order valence-corrected chi connectivity index (χ2v) is 7.74. The van der Waals surface area contributed by atoms with Gasteiger partial charge in [0, 0.05) is 52.9 Å². The van der Waals surface area contributed by atoms with Gasteiger partial charge in [-0.3, -0.25) is 9.69 Å². The Morgan fingerprint density at radius 2 is 1.79 bits per heavy atom. The van der Waals surface area contributed by atoms with Gasteiger partial charge in [0.2, 0.25) is 5.91 Å². The average Bonchev–Trinajstić information content (AvgIpc) is 3.04. The molecule has 2 fully saturated rings. The molecular formula is C18H35N5O. The van der Waals surface area contributed by atoms with E-state index in [-0.39, 0.29) is 12.5 Å². The number of amides is 1. The first-order valence-electron chi connectivity index (χ1n) is 9.44. The van der Waals surface area contributed by atoms with Crippen LogP contribution in [0.25, 0.3) is 0 Å². The lowest BCUT2D eigenvalue weighted by Gasteiger charge is -2.38. The van der Waals surface area contributed by atoms with Gasteiger partial charge in [0.05, 0.1) is 0 Å². The molecule has 24 heavy (non-hydrogen) atoms. The maximum atomic E-state index is 11.9. The summed E-state index contributed by atoms with van der Waals surface area (Å²) < 4.78 is 0. The molecule has 1 aliphatic heterocycles. The first kappa shape index (κ1) is 19.0. The quantitative estimate of drug-likeness (QED) is 0.606. The molecule has 2 rings (SSSR count). The van der Waals surface area contributed by atoms with Gasteiger partial charge in [-0.05, 0) is 18.8 Å². The Morgan fingerprint density at radius 3 is 2.33 bits per heavy atom.